The molecule has 1 aromatic rings. The molecule has 0 aliphatic rings. The van der Waals surface area contributed by atoms with Crippen molar-refractivity contribution in [2.45, 2.75) is 89.0 Å². The number of alkyl halides is 1. The number of carboxylic acids is 1. The highest BCUT2D eigenvalue weighted by Gasteiger charge is 2.39. The molecule has 1 rings (SSSR count). The van der Waals surface area contributed by atoms with Gasteiger partial charge in [-0.15, -0.1) is 23.1 Å². The number of thioether (sulfide) groups is 1. The number of hydrogen-bond acceptors (Lipinski definition) is 6. The molecule has 0 fully saturated rings. The summed E-state index contributed by atoms with van der Waals surface area (Å²) in [4.78, 5) is 40.2. The lowest BCUT2D eigenvalue weighted by atomic mass is 9.90. The first-order chi connectivity index (χ1) is 15.8. The lowest BCUT2D eigenvalue weighted by Gasteiger charge is -2.32. The second-order valence-electron chi connectivity index (χ2n) is 9.45. The largest absolute Gasteiger partial charge is 0.480 e. The van der Waals surface area contributed by atoms with Gasteiger partial charge >= 0.3 is 5.97 Å². The van der Waals surface area contributed by atoms with E-state index in [0.29, 0.717) is 6.42 Å². The van der Waals surface area contributed by atoms with Crippen molar-refractivity contribution in [3.8, 4) is 0 Å². The van der Waals surface area contributed by atoms with Gasteiger partial charge in [-0.1, -0.05) is 40.1 Å². The second kappa shape index (κ2) is 14.3. The van der Waals surface area contributed by atoms with E-state index in [-0.39, 0.29) is 22.4 Å². The van der Waals surface area contributed by atoms with E-state index in [0.717, 1.165) is 41.8 Å². The number of halogens is 1. The third-order valence-electron chi connectivity index (χ3n) is 5.77. The third-order valence-corrected chi connectivity index (χ3v) is 8.55. The summed E-state index contributed by atoms with van der Waals surface area (Å²) < 4.78 is -0.856. The van der Waals surface area contributed by atoms with Crippen molar-refractivity contribution in [3.63, 3.8) is 0 Å². The second-order valence-corrected chi connectivity index (χ2v) is 13.6. The van der Waals surface area contributed by atoms with Crippen LogP contribution in [0.4, 0.5) is 0 Å². The number of rotatable bonds is 15. The van der Waals surface area contributed by atoms with Gasteiger partial charge in [-0.3, -0.25) is 9.59 Å². The first kappa shape index (κ1) is 30.8. The summed E-state index contributed by atoms with van der Waals surface area (Å²) in [6.07, 6.45) is 8.23. The van der Waals surface area contributed by atoms with E-state index in [4.69, 9.17) is 0 Å². The van der Waals surface area contributed by atoms with Gasteiger partial charge in [0.2, 0.25) is 0 Å². The van der Waals surface area contributed by atoms with Gasteiger partial charge in [-0.2, -0.15) is 0 Å². The molecule has 1 N–H and O–H groups in total. The normalized spacial score (nSPS) is 16.6. The lowest BCUT2D eigenvalue weighted by molar-refractivity contribution is -0.137. The van der Waals surface area contributed by atoms with Crippen LogP contribution in [0.5, 0.6) is 0 Å². The number of carbonyl (C=O) groups is 3. The van der Waals surface area contributed by atoms with E-state index in [1.54, 1.807) is 32.1 Å². The molecule has 1 aromatic heterocycles. The number of Topliss-reactive ketones (excluding diaryl/α,β-unsaturated/α-hetero) is 1. The topological polar surface area (TPSA) is 84.3 Å². The van der Waals surface area contributed by atoms with Crippen LogP contribution in [0.25, 0.3) is 6.08 Å². The SMILES string of the molecule is C/C(=C/C[C@@H](/C(C)=C\c1csc(C)n1)C(SC(C)(C)C(=O)C(C)Br)C(=O)O)CCC[C@H](C)C=O. The fraction of sp³-hybridized carbons (Fsp3) is 0.615. The fourth-order valence-corrected chi connectivity index (χ4v) is 6.51. The molecule has 0 saturated heterocycles. The summed E-state index contributed by atoms with van der Waals surface area (Å²) in [7, 11) is 0. The first-order valence-corrected chi connectivity index (χ1v) is 14.3. The van der Waals surface area contributed by atoms with Crippen LogP contribution in [-0.2, 0) is 14.4 Å². The van der Waals surface area contributed by atoms with Crippen LogP contribution < -0.4 is 0 Å². The van der Waals surface area contributed by atoms with Crippen LogP contribution in [0.1, 0.15) is 77.9 Å². The number of aryl methyl sites for hydroxylation is 1. The van der Waals surface area contributed by atoms with Gasteiger partial charge in [-0.05, 0) is 73.3 Å². The van der Waals surface area contributed by atoms with Crippen LogP contribution in [-0.4, -0.2) is 43.0 Å². The summed E-state index contributed by atoms with van der Waals surface area (Å²) in [5.41, 5.74) is 2.94. The predicted molar refractivity (Wildman–Crippen MR) is 148 cm³/mol. The van der Waals surface area contributed by atoms with Gasteiger partial charge in [0.25, 0.3) is 0 Å². The van der Waals surface area contributed by atoms with E-state index in [1.807, 2.05) is 39.2 Å². The Balaban J connectivity index is 3.23. The zero-order valence-electron chi connectivity index (χ0n) is 21.3. The smallest absolute Gasteiger partial charge is 0.317 e. The molecule has 0 saturated carbocycles. The average Bonchev–Trinajstić information content (AvgIpc) is 3.16. The van der Waals surface area contributed by atoms with Crippen molar-refractivity contribution in [1.82, 2.24) is 4.98 Å². The zero-order chi connectivity index (χ0) is 26.1. The minimum absolute atomic E-state index is 0.0321. The summed E-state index contributed by atoms with van der Waals surface area (Å²) in [5, 5.41) is 12.3. The van der Waals surface area contributed by atoms with Crippen LogP contribution in [0.2, 0.25) is 0 Å². The molecule has 34 heavy (non-hydrogen) atoms. The van der Waals surface area contributed by atoms with Crippen molar-refractivity contribution < 1.29 is 19.5 Å². The van der Waals surface area contributed by atoms with Crippen molar-refractivity contribution in [1.29, 1.82) is 0 Å². The monoisotopic (exact) mass is 571 g/mol. The molecule has 190 valence electrons. The fourth-order valence-electron chi connectivity index (χ4n) is 3.70. The Bertz CT molecular complexity index is 904. The predicted octanol–water partition coefficient (Wildman–Crippen LogP) is 7.13. The van der Waals surface area contributed by atoms with Gasteiger partial charge in [0.1, 0.15) is 11.5 Å². The number of aromatic nitrogens is 1. The average molecular weight is 573 g/mol. The Morgan fingerprint density at radius 2 is 1.94 bits per heavy atom. The van der Waals surface area contributed by atoms with Crippen LogP contribution in [0.15, 0.2) is 22.6 Å². The Morgan fingerprint density at radius 1 is 1.29 bits per heavy atom. The van der Waals surface area contributed by atoms with Crippen LogP contribution >= 0.6 is 39.0 Å². The maximum absolute atomic E-state index is 12.8. The Labute approximate surface area is 221 Å². The molecule has 1 heterocycles. The minimum atomic E-state index is -0.925. The van der Waals surface area contributed by atoms with Crippen molar-refractivity contribution in [2.24, 2.45) is 11.8 Å². The van der Waals surface area contributed by atoms with Crippen molar-refractivity contribution in [3.05, 3.63) is 33.3 Å². The molecule has 0 bridgehead atoms. The molecule has 0 radical (unpaired) electrons. The number of allylic oxidation sites excluding steroid dienone is 3. The standard InChI is InChI=1S/C26H38BrNO4S2/c1-16(9-8-10-17(2)14-29)11-12-22(18(3)13-21-15-33-20(5)28-21)23(25(31)32)34-26(6,7)24(30)19(4)27/h11,13-15,17,19,22-23H,8-10,12H2,1-7H3,(H,31,32)/b16-11-,18-13-/t17-,19?,22-,23?/m0/s1. The maximum atomic E-state index is 12.8. The molecular weight excluding hydrogens is 534 g/mol. The molecule has 0 aliphatic carbocycles. The number of carboxylic acid groups (broad SMARTS) is 1. The number of aliphatic carboxylic acids is 1. The highest BCUT2D eigenvalue weighted by atomic mass is 79.9. The molecule has 4 atom stereocenters. The number of hydrogen-bond donors (Lipinski definition) is 1. The van der Waals surface area contributed by atoms with Crippen LogP contribution in [0, 0.1) is 18.8 Å². The van der Waals surface area contributed by atoms with E-state index in [1.165, 1.54) is 17.3 Å². The van der Waals surface area contributed by atoms with Gasteiger partial charge in [0, 0.05) is 17.2 Å². The number of ketones is 1. The Hall–Kier alpha value is -1.25. The molecule has 0 spiro atoms. The van der Waals surface area contributed by atoms with E-state index in [9.17, 15) is 19.5 Å². The number of aldehydes is 1. The van der Waals surface area contributed by atoms with Crippen molar-refractivity contribution >= 4 is 63.1 Å². The maximum Gasteiger partial charge on any atom is 0.317 e. The van der Waals surface area contributed by atoms with Crippen molar-refractivity contribution in [2.75, 3.05) is 0 Å². The Kier molecular flexibility index (Phi) is 13.0. The molecule has 5 nitrogen and oxygen atoms in total. The molecule has 2 unspecified atom stereocenters. The summed E-state index contributed by atoms with van der Waals surface area (Å²) >= 11 is 6.12. The van der Waals surface area contributed by atoms with Gasteiger partial charge in [-0.25, -0.2) is 4.98 Å². The highest BCUT2D eigenvalue weighted by Crippen LogP contribution is 2.39. The highest BCUT2D eigenvalue weighted by molar-refractivity contribution is 9.10. The van der Waals surface area contributed by atoms with E-state index in [2.05, 4.69) is 27.0 Å². The zero-order valence-corrected chi connectivity index (χ0v) is 24.5. The lowest BCUT2D eigenvalue weighted by Crippen LogP contribution is -2.39. The molecular formula is C26H38BrNO4S2. The van der Waals surface area contributed by atoms with E-state index < -0.39 is 16.0 Å². The van der Waals surface area contributed by atoms with Gasteiger partial charge in [0.15, 0.2) is 5.78 Å². The van der Waals surface area contributed by atoms with Gasteiger partial charge in [0.05, 0.1) is 20.3 Å². The third kappa shape index (κ3) is 10.2. The number of carbonyl (C=O) groups excluding carboxylic acids is 2. The Morgan fingerprint density at radius 3 is 2.44 bits per heavy atom. The molecule has 8 heteroatoms. The summed E-state index contributed by atoms with van der Waals surface area (Å²) in [6.45, 7) is 13.2. The molecule has 0 aromatic carbocycles. The van der Waals surface area contributed by atoms with Crippen LogP contribution in [0.3, 0.4) is 0 Å². The van der Waals surface area contributed by atoms with Gasteiger partial charge < -0.3 is 9.90 Å². The minimum Gasteiger partial charge on any atom is -0.480 e. The summed E-state index contributed by atoms with van der Waals surface area (Å²) in [5.74, 6) is -1.20. The number of thiazole rings is 1. The quantitative estimate of drug-likeness (QED) is 0.137. The molecule has 0 amide bonds. The van der Waals surface area contributed by atoms with E-state index >= 15 is 0 Å². The molecule has 0 aliphatic heterocycles. The summed E-state index contributed by atoms with van der Waals surface area (Å²) in [6, 6.07) is 0. The number of nitrogens with zero attached hydrogens (tertiary/aromatic N) is 1. The first-order valence-electron chi connectivity index (χ1n) is 11.6.